The highest BCUT2D eigenvalue weighted by Crippen LogP contribution is 2.36. The molecule has 1 aromatic heterocycles. The molecule has 2 rings (SSSR count). The van der Waals surface area contributed by atoms with Crippen LogP contribution in [0.3, 0.4) is 0 Å². The summed E-state index contributed by atoms with van der Waals surface area (Å²) in [6.07, 6.45) is 2.94. The van der Waals surface area contributed by atoms with Gasteiger partial charge in [0.05, 0.1) is 13.2 Å². The average Bonchev–Trinajstić information content (AvgIpc) is 2.40. The lowest BCUT2D eigenvalue weighted by Crippen LogP contribution is -1.99. The van der Waals surface area contributed by atoms with Gasteiger partial charge in [-0.25, -0.2) is 9.97 Å². The van der Waals surface area contributed by atoms with Gasteiger partial charge in [-0.2, -0.15) is 0 Å². The van der Waals surface area contributed by atoms with Crippen molar-refractivity contribution in [2.75, 3.05) is 7.11 Å². The molecule has 100 valence electrons. The van der Waals surface area contributed by atoms with E-state index in [1.54, 1.807) is 26.4 Å². The molecule has 1 N–H and O–H groups in total. The van der Waals surface area contributed by atoms with E-state index in [0.717, 1.165) is 16.0 Å². The number of nitrogens with zero attached hydrogens (tertiary/aromatic N) is 2. The molecule has 1 aromatic carbocycles. The Morgan fingerprint density at radius 1 is 1.26 bits per heavy atom. The summed E-state index contributed by atoms with van der Waals surface area (Å²) in [7, 11) is 1.60. The molecule has 1 heterocycles. The maximum absolute atomic E-state index is 9.90. The Labute approximate surface area is 116 Å². The zero-order valence-electron chi connectivity index (χ0n) is 11.1. The van der Waals surface area contributed by atoms with E-state index in [9.17, 15) is 5.11 Å². The van der Waals surface area contributed by atoms with Crippen LogP contribution in [0.5, 0.6) is 5.75 Å². The van der Waals surface area contributed by atoms with E-state index in [1.165, 1.54) is 11.8 Å². The van der Waals surface area contributed by atoms with Crippen LogP contribution in [0.1, 0.15) is 24.2 Å². The predicted octanol–water partition coefficient (Wildman–Crippen LogP) is 3.00. The third-order valence-corrected chi connectivity index (χ3v) is 3.59. The normalized spacial score (nSPS) is 12.2. The molecule has 2 aromatic rings. The minimum Gasteiger partial charge on any atom is -0.496 e. The Morgan fingerprint density at radius 3 is 2.53 bits per heavy atom. The van der Waals surface area contributed by atoms with E-state index in [2.05, 4.69) is 9.97 Å². The monoisotopic (exact) mass is 276 g/mol. The van der Waals surface area contributed by atoms with Crippen molar-refractivity contribution in [1.82, 2.24) is 9.97 Å². The Bertz CT molecular complexity index is 556. The number of aliphatic hydroxyl groups excluding tert-OH is 1. The molecule has 0 aliphatic rings. The van der Waals surface area contributed by atoms with Crippen molar-refractivity contribution < 1.29 is 9.84 Å². The number of aromatic nitrogens is 2. The second kappa shape index (κ2) is 6.04. The number of aryl methyl sites for hydroxylation is 1. The first-order valence-corrected chi connectivity index (χ1v) is 6.75. The Morgan fingerprint density at radius 2 is 1.95 bits per heavy atom. The van der Waals surface area contributed by atoms with Gasteiger partial charge in [0.2, 0.25) is 0 Å². The van der Waals surface area contributed by atoms with Gasteiger partial charge in [0.25, 0.3) is 0 Å². The van der Waals surface area contributed by atoms with Crippen molar-refractivity contribution in [2.45, 2.75) is 30.0 Å². The van der Waals surface area contributed by atoms with Crippen LogP contribution in [0.15, 0.2) is 40.6 Å². The van der Waals surface area contributed by atoms with E-state index in [0.29, 0.717) is 10.9 Å². The van der Waals surface area contributed by atoms with Gasteiger partial charge in [-0.3, -0.25) is 0 Å². The maximum atomic E-state index is 9.90. The van der Waals surface area contributed by atoms with Crippen molar-refractivity contribution in [3.05, 3.63) is 41.7 Å². The molecular weight excluding hydrogens is 260 g/mol. The fraction of sp³-hybridized carbons (Fsp3) is 0.286. The van der Waals surface area contributed by atoms with Gasteiger partial charge in [0, 0.05) is 22.9 Å². The Hall–Kier alpha value is -1.59. The second-order valence-corrected chi connectivity index (χ2v) is 5.20. The van der Waals surface area contributed by atoms with Crippen LogP contribution in [0, 0.1) is 6.92 Å². The van der Waals surface area contributed by atoms with Crippen LogP contribution in [0.4, 0.5) is 0 Å². The topological polar surface area (TPSA) is 55.2 Å². The first-order valence-electron chi connectivity index (χ1n) is 5.93. The molecule has 1 atom stereocenters. The number of hydrogen-bond acceptors (Lipinski definition) is 5. The fourth-order valence-electron chi connectivity index (χ4n) is 1.73. The summed E-state index contributed by atoms with van der Waals surface area (Å²) in [5.41, 5.74) is 1.78. The molecule has 5 heteroatoms. The van der Waals surface area contributed by atoms with Crippen LogP contribution in [-0.4, -0.2) is 22.2 Å². The summed E-state index contributed by atoms with van der Waals surface area (Å²) >= 11 is 1.42. The lowest BCUT2D eigenvalue weighted by Gasteiger charge is -2.15. The van der Waals surface area contributed by atoms with Crippen LogP contribution in [0.2, 0.25) is 0 Å². The molecule has 0 aliphatic heterocycles. The maximum Gasteiger partial charge on any atom is 0.192 e. The average molecular weight is 276 g/mol. The molecule has 0 amide bonds. The largest absolute Gasteiger partial charge is 0.496 e. The van der Waals surface area contributed by atoms with Crippen molar-refractivity contribution in [2.24, 2.45) is 0 Å². The summed E-state index contributed by atoms with van der Waals surface area (Å²) in [6.45, 7) is 3.67. The molecular formula is C14H16N2O2S. The van der Waals surface area contributed by atoms with Gasteiger partial charge in [0.1, 0.15) is 5.75 Å². The summed E-state index contributed by atoms with van der Waals surface area (Å²) in [5, 5.41) is 10.6. The number of methoxy groups -OCH3 is 1. The smallest absolute Gasteiger partial charge is 0.192 e. The first-order chi connectivity index (χ1) is 9.11. The number of rotatable bonds is 4. The van der Waals surface area contributed by atoms with E-state index in [-0.39, 0.29) is 0 Å². The molecule has 0 saturated carbocycles. The summed E-state index contributed by atoms with van der Waals surface area (Å²) < 4.78 is 5.29. The van der Waals surface area contributed by atoms with Crippen LogP contribution in [0.25, 0.3) is 0 Å². The molecule has 4 nitrogen and oxygen atoms in total. The molecule has 0 saturated heterocycles. The Kier molecular flexibility index (Phi) is 4.39. The highest BCUT2D eigenvalue weighted by molar-refractivity contribution is 7.99. The summed E-state index contributed by atoms with van der Waals surface area (Å²) in [5.74, 6) is 0.673. The van der Waals surface area contributed by atoms with Crippen molar-refractivity contribution >= 4 is 11.8 Å². The number of benzene rings is 1. The van der Waals surface area contributed by atoms with E-state index >= 15 is 0 Å². The number of hydrogen-bond donors (Lipinski definition) is 1. The van der Waals surface area contributed by atoms with Crippen LogP contribution >= 0.6 is 11.8 Å². The number of ether oxygens (including phenoxy) is 1. The van der Waals surface area contributed by atoms with E-state index < -0.39 is 6.10 Å². The molecule has 0 radical (unpaired) electrons. The molecule has 0 bridgehead atoms. The number of aliphatic hydroxyl groups is 1. The van der Waals surface area contributed by atoms with Gasteiger partial charge in [-0.1, -0.05) is 6.07 Å². The Balaban J connectivity index is 2.36. The summed E-state index contributed by atoms with van der Waals surface area (Å²) in [4.78, 5) is 9.42. The highest BCUT2D eigenvalue weighted by Gasteiger charge is 2.15. The molecule has 0 spiro atoms. The highest BCUT2D eigenvalue weighted by atomic mass is 32.2. The standard InChI is InChI=1S/C14H16N2O2S/c1-9-7-15-14(16-8-9)19-12-6-4-5-11(18-3)13(12)10(2)17/h4-8,10,17H,1-3H3/t10-/m1/s1. The lowest BCUT2D eigenvalue weighted by atomic mass is 10.1. The van der Waals surface area contributed by atoms with Crippen LogP contribution in [-0.2, 0) is 0 Å². The molecule has 0 fully saturated rings. The predicted molar refractivity (Wildman–Crippen MR) is 74.5 cm³/mol. The molecule has 0 unspecified atom stereocenters. The van der Waals surface area contributed by atoms with Gasteiger partial charge < -0.3 is 9.84 Å². The minimum absolute atomic E-state index is 0.607. The SMILES string of the molecule is COc1cccc(Sc2ncc(C)cn2)c1[C@@H](C)O. The zero-order chi connectivity index (χ0) is 13.8. The molecule has 0 aliphatic carbocycles. The quantitative estimate of drug-likeness (QED) is 0.870. The van der Waals surface area contributed by atoms with Crippen molar-refractivity contribution in [1.29, 1.82) is 0 Å². The van der Waals surface area contributed by atoms with Crippen molar-refractivity contribution in [3.63, 3.8) is 0 Å². The van der Waals surface area contributed by atoms with Crippen LogP contribution < -0.4 is 4.74 Å². The summed E-state index contributed by atoms with van der Waals surface area (Å²) in [6, 6.07) is 5.65. The minimum atomic E-state index is -0.607. The van der Waals surface area contributed by atoms with Gasteiger partial charge >= 0.3 is 0 Å². The first kappa shape index (κ1) is 13.8. The third-order valence-electron chi connectivity index (χ3n) is 2.62. The zero-order valence-corrected chi connectivity index (χ0v) is 11.9. The van der Waals surface area contributed by atoms with E-state index in [1.807, 2.05) is 25.1 Å². The molecule has 19 heavy (non-hydrogen) atoms. The van der Waals surface area contributed by atoms with Gasteiger partial charge in [-0.05, 0) is 43.3 Å². The van der Waals surface area contributed by atoms with Crippen molar-refractivity contribution in [3.8, 4) is 5.75 Å². The van der Waals surface area contributed by atoms with E-state index in [4.69, 9.17) is 4.74 Å². The van der Waals surface area contributed by atoms with Gasteiger partial charge in [0.15, 0.2) is 5.16 Å². The lowest BCUT2D eigenvalue weighted by molar-refractivity contribution is 0.191. The fourth-order valence-corrected chi connectivity index (χ4v) is 2.67. The second-order valence-electron chi connectivity index (χ2n) is 4.19. The van der Waals surface area contributed by atoms with Gasteiger partial charge in [-0.15, -0.1) is 0 Å². The third kappa shape index (κ3) is 3.24.